The van der Waals surface area contributed by atoms with Crippen LogP contribution in [0.15, 0.2) is 24.3 Å². The Kier molecular flexibility index (Phi) is 4.90. The van der Waals surface area contributed by atoms with Gasteiger partial charge in [-0.05, 0) is 24.1 Å². The summed E-state index contributed by atoms with van der Waals surface area (Å²) in [6, 6.07) is 7.13. The number of carbonyl (C=O) groups excluding carboxylic acids is 1. The fourth-order valence-electron chi connectivity index (χ4n) is 1.14. The summed E-state index contributed by atoms with van der Waals surface area (Å²) >= 11 is 0. The highest BCUT2D eigenvalue weighted by molar-refractivity contribution is 5.84. The lowest BCUT2D eigenvalue weighted by molar-refractivity contribution is 0.176. The minimum atomic E-state index is -0.576. The molecule has 0 atom stereocenters. The molecule has 1 amide bonds. The van der Waals surface area contributed by atoms with Crippen LogP contribution in [0.25, 0.3) is 0 Å². The minimum Gasteiger partial charge on any atom is -0.436 e. The van der Waals surface area contributed by atoms with E-state index in [1.165, 1.54) is 0 Å². The van der Waals surface area contributed by atoms with E-state index < -0.39 is 6.09 Å². The summed E-state index contributed by atoms with van der Waals surface area (Å²) in [5, 5.41) is 11.2. The Bertz CT molecular complexity index is 378. The maximum atomic E-state index is 11.1. The van der Waals surface area contributed by atoms with Gasteiger partial charge in [0, 0.05) is 12.3 Å². The molecule has 0 heterocycles. The van der Waals surface area contributed by atoms with Gasteiger partial charge < -0.3 is 9.84 Å². The number of terminal acetylenes is 1. The topological polar surface area (TPSA) is 58.6 Å². The van der Waals surface area contributed by atoms with Crippen molar-refractivity contribution >= 4 is 11.8 Å². The van der Waals surface area contributed by atoms with Gasteiger partial charge in [0.15, 0.2) is 6.61 Å². The zero-order valence-electron chi connectivity index (χ0n) is 8.77. The molecule has 0 aliphatic heterocycles. The molecule has 0 fully saturated rings. The van der Waals surface area contributed by atoms with Crippen LogP contribution in [0, 0.1) is 12.3 Å². The molecule has 0 bridgehead atoms. The zero-order chi connectivity index (χ0) is 11.8. The lowest BCUT2D eigenvalue weighted by atomic mass is 10.1. The summed E-state index contributed by atoms with van der Waals surface area (Å²) in [7, 11) is 0. The quantitative estimate of drug-likeness (QED) is 0.752. The molecule has 16 heavy (non-hydrogen) atoms. The molecular formula is C12H13NO3. The molecule has 0 radical (unpaired) electrons. The van der Waals surface area contributed by atoms with E-state index >= 15 is 0 Å². The summed E-state index contributed by atoms with van der Waals surface area (Å²) < 4.78 is 4.65. The van der Waals surface area contributed by atoms with Crippen molar-refractivity contribution in [3.63, 3.8) is 0 Å². The molecule has 0 spiro atoms. The van der Waals surface area contributed by atoms with E-state index in [1.807, 2.05) is 12.1 Å². The van der Waals surface area contributed by atoms with Gasteiger partial charge in [0.25, 0.3) is 0 Å². The van der Waals surface area contributed by atoms with Gasteiger partial charge in [-0.3, -0.25) is 5.32 Å². The standard InChI is InChI=1S/C12H13NO3/c1-2-9-16-12(15)13-11-5-3-10(4-6-11)7-8-14/h1,3-6,14H,7-9H2,(H,13,15). The second-order valence-corrected chi connectivity index (χ2v) is 3.08. The molecule has 4 nitrogen and oxygen atoms in total. The molecular weight excluding hydrogens is 206 g/mol. The number of hydrogen-bond acceptors (Lipinski definition) is 3. The van der Waals surface area contributed by atoms with Crippen LogP contribution in [0.1, 0.15) is 5.56 Å². The van der Waals surface area contributed by atoms with Gasteiger partial charge in [-0.2, -0.15) is 0 Å². The number of anilines is 1. The molecule has 0 aliphatic carbocycles. The van der Waals surface area contributed by atoms with Gasteiger partial charge in [-0.15, -0.1) is 6.42 Å². The molecule has 0 saturated heterocycles. The summed E-state index contributed by atoms with van der Waals surface area (Å²) in [5.74, 6) is 2.20. The van der Waals surface area contributed by atoms with Crippen molar-refractivity contribution in [2.75, 3.05) is 18.5 Å². The highest BCUT2D eigenvalue weighted by Crippen LogP contribution is 2.10. The Balaban J connectivity index is 2.49. The monoisotopic (exact) mass is 219 g/mol. The van der Waals surface area contributed by atoms with Crippen molar-refractivity contribution in [3.8, 4) is 12.3 Å². The number of rotatable bonds is 4. The molecule has 4 heteroatoms. The van der Waals surface area contributed by atoms with Crippen molar-refractivity contribution in [1.29, 1.82) is 0 Å². The van der Waals surface area contributed by atoms with Crippen LogP contribution in [-0.2, 0) is 11.2 Å². The van der Waals surface area contributed by atoms with Crippen LogP contribution >= 0.6 is 0 Å². The fraction of sp³-hybridized carbons (Fsp3) is 0.250. The highest BCUT2D eigenvalue weighted by atomic mass is 16.5. The fourth-order valence-corrected chi connectivity index (χ4v) is 1.14. The van der Waals surface area contributed by atoms with E-state index in [2.05, 4.69) is 16.0 Å². The Morgan fingerprint density at radius 2 is 2.12 bits per heavy atom. The third-order valence-corrected chi connectivity index (χ3v) is 1.89. The maximum absolute atomic E-state index is 11.1. The Morgan fingerprint density at radius 3 is 2.69 bits per heavy atom. The molecule has 0 aromatic heterocycles. The third-order valence-electron chi connectivity index (χ3n) is 1.89. The Hall–Kier alpha value is -1.99. The van der Waals surface area contributed by atoms with Gasteiger partial charge in [0.1, 0.15) is 0 Å². The SMILES string of the molecule is C#CCOC(=O)Nc1ccc(CCO)cc1. The van der Waals surface area contributed by atoms with Crippen LogP contribution in [0.4, 0.5) is 10.5 Å². The van der Waals surface area contributed by atoms with Crippen molar-refractivity contribution in [2.24, 2.45) is 0 Å². The predicted octanol–water partition coefficient (Wildman–Crippen LogP) is 1.40. The van der Waals surface area contributed by atoms with Crippen LogP contribution in [0.5, 0.6) is 0 Å². The van der Waals surface area contributed by atoms with Crippen molar-refractivity contribution in [2.45, 2.75) is 6.42 Å². The van der Waals surface area contributed by atoms with Crippen LogP contribution in [-0.4, -0.2) is 24.4 Å². The summed E-state index contributed by atoms with van der Waals surface area (Å²) in [6.07, 6.45) is 4.97. The molecule has 2 N–H and O–H groups in total. The second-order valence-electron chi connectivity index (χ2n) is 3.08. The number of aliphatic hydroxyl groups excluding tert-OH is 1. The van der Waals surface area contributed by atoms with E-state index in [0.717, 1.165) is 5.56 Å². The van der Waals surface area contributed by atoms with Gasteiger partial charge in [0.05, 0.1) is 0 Å². The normalized spacial score (nSPS) is 9.25. The number of nitrogens with one attached hydrogen (secondary N) is 1. The summed E-state index contributed by atoms with van der Waals surface area (Å²) in [5.41, 5.74) is 1.63. The van der Waals surface area contributed by atoms with Crippen LogP contribution in [0.3, 0.4) is 0 Å². The van der Waals surface area contributed by atoms with Crippen LogP contribution in [0.2, 0.25) is 0 Å². The first kappa shape index (κ1) is 12.1. The predicted molar refractivity (Wildman–Crippen MR) is 61.0 cm³/mol. The largest absolute Gasteiger partial charge is 0.436 e. The number of carbonyl (C=O) groups is 1. The van der Waals surface area contributed by atoms with Gasteiger partial charge in [-0.25, -0.2) is 4.79 Å². The van der Waals surface area contributed by atoms with E-state index in [0.29, 0.717) is 12.1 Å². The Labute approximate surface area is 94.2 Å². The van der Waals surface area contributed by atoms with Gasteiger partial charge in [-0.1, -0.05) is 18.1 Å². The smallest absolute Gasteiger partial charge is 0.412 e. The van der Waals surface area contributed by atoms with E-state index in [9.17, 15) is 4.79 Å². The number of benzene rings is 1. The first-order valence-electron chi connectivity index (χ1n) is 4.83. The summed E-state index contributed by atoms with van der Waals surface area (Å²) in [4.78, 5) is 11.1. The number of amides is 1. The first-order chi connectivity index (χ1) is 7.76. The lowest BCUT2D eigenvalue weighted by Crippen LogP contribution is -2.13. The number of hydrogen-bond donors (Lipinski definition) is 2. The average Bonchev–Trinajstić information content (AvgIpc) is 2.29. The summed E-state index contributed by atoms with van der Waals surface area (Å²) in [6.45, 7) is 0.0609. The van der Waals surface area contributed by atoms with E-state index in [4.69, 9.17) is 11.5 Å². The third kappa shape index (κ3) is 4.03. The lowest BCUT2D eigenvalue weighted by Gasteiger charge is -2.05. The molecule has 0 saturated carbocycles. The van der Waals surface area contributed by atoms with E-state index in [-0.39, 0.29) is 13.2 Å². The van der Waals surface area contributed by atoms with Gasteiger partial charge >= 0.3 is 6.09 Å². The molecule has 0 unspecified atom stereocenters. The van der Waals surface area contributed by atoms with E-state index in [1.54, 1.807) is 12.1 Å². The molecule has 1 aromatic carbocycles. The van der Waals surface area contributed by atoms with Crippen LogP contribution < -0.4 is 5.32 Å². The molecule has 1 aromatic rings. The maximum Gasteiger partial charge on any atom is 0.412 e. The second kappa shape index (κ2) is 6.49. The number of ether oxygens (including phenoxy) is 1. The van der Waals surface area contributed by atoms with Crippen molar-refractivity contribution in [3.05, 3.63) is 29.8 Å². The molecule has 0 aliphatic rings. The average molecular weight is 219 g/mol. The zero-order valence-corrected chi connectivity index (χ0v) is 8.77. The molecule has 84 valence electrons. The number of aliphatic hydroxyl groups is 1. The first-order valence-corrected chi connectivity index (χ1v) is 4.83. The Morgan fingerprint density at radius 1 is 1.44 bits per heavy atom. The van der Waals surface area contributed by atoms with Crippen molar-refractivity contribution in [1.82, 2.24) is 0 Å². The minimum absolute atomic E-state index is 0.0472. The van der Waals surface area contributed by atoms with Gasteiger partial charge in [0.2, 0.25) is 0 Å². The molecule has 1 rings (SSSR count). The van der Waals surface area contributed by atoms with Crippen molar-refractivity contribution < 1.29 is 14.6 Å². The highest BCUT2D eigenvalue weighted by Gasteiger charge is 2.01.